The standard InChI is InChI=1S/C25H27ClFN3O4/c1-16(2)28-22(31)21-15-34-25(30(21)24(33)18-6-4-8-20(27)14-18)9-11-29(12-10-25)23(32)17-5-3-7-19(26)13-17/h3-8,13-14,16,21H,9-12,15H2,1-2H3,(H,28,31). The summed E-state index contributed by atoms with van der Waals surface area (Å²) in [5.74, 6) is -1.50. The van der Waals surface area contributed by atoms with Crippen molar-refractivity contribution in [3.05, 3.63) is 70.5 Å². The van der Waals surface area contributed by atoms with Crippen molar-refractivity contribution in [2.45, 2.75) is 44.5 Å². The van der Waals surface area contributed by atoms with Gasteiger partial charge < -0.3 is 15.0 Å². The molecule has 1 unspecified atom stereocenters. The van der Waals surface area contributed by atoms with Crippen LogP contribution in [0.4, 0.5) is 4.39 Å². The predicted octanol–water partition coefficient (Wildman–Crippen LogP) is 3.48. The molecule has 0 bridgehead atoms. The van der Waals surface area contributed by atoms with Gasteiger partial charge in [0.2, 0.25) is 5.91 Å². The summed E-state index contributed by atoms with van der Waals surface area (Å²) in [6.45, 7) is 4.36. The highest BCUT2D eigenvalue weighted by molar-refractivity contribution is 6.30. The number of halogens is 2. The zero-order valence-corrected chi connectivity index (χ0v) is 19.8. The number of hydrogen-bond donors (Lipinski definition) is 1. The minimum atomic E-state index is -1.06. The van der Waals surface area contributed by atoms with Gasteiger partial charge in [-0.15, -0.1) is 0 Å². The van der Waals surface area contributed by atoms with E-state index in [1.54, 1.807) is 29.2 Å². The third-order valence-corrected chi connectivity index (χ3v) is 6.42. The molecule has 2 heterocycles. The van der Waals surface area contributed by atoms with E-state index in [-0.39, 0.29) is 30.0 Å². The number of nitrogens with one attached hydrogen (secondary N) is 1. The van der Waals surface area contributed by atoms with E-state index in [2.05, 4.69) is 5.32 Å². The lowest BCUT2D eigenvalue weighted by Crippen LogP contribution is -2.60. The Morgan fingerprint density at radius 3 is 2.32 bits per heavy atom. The first-order valence-corrected chi connectivity index (χ1v) is 11.7. The summed E-state index contributed by atoms with van der Waals surface area (Å²) in [4.78, 5) is 42.6. The summed E-state index contributed by atoms with van der Waals surface area (Å²) in [6.07, 6.45) is 0.650. The average Bonchev–Trinajstić information content (AvgIpc) is 3.17. The molecule has 0 aliphatic carbocycles. The van der Waals surface area contributed by atoms with Gasteiger partial charge in [-0.25, -0.2) is 4.39 Å². The van der Waals surface area contributed by atoms with Crippen LogP contribution in [0.1, 0.15) is 47.4 Å². The molecule has 2 aliphatic rings. The van der Waals surface area contributed by atoms with Crippen LogP contribution in [-0.2, 0) is 9.53 Å². The largest absolute Gasteiger partial charge is 0.353 e. The summed E-state index contributed by atoms with van der Waals surface area (Å²) < 4.78 is 20.0. The molecule has 1 atom stereocenters. The van der Waals surface area contributed by atoms with E-state index in [1.165, 1.54) is 23.1 Å². The van der Waals surface area contributed by atoms with Crippen LogP contribution in [0.25, 0.3) is 0 Å². The van der Waals surface area contributed by atoms with Crippen LogP contribution in [-0.4, -0.2) is 65.0 Å². The van der Waals surface area contributed by atoms with E-state index in [9.17, 15) is 18.8 Å². The van der Waals surface area contributed by atoms with Crippen LogP contribution in [0, 0.1) is 5.82 Å². The van der Waals surface area contributed by atoms with Crippen LogP contribution in [0.5, 0.6) is 0 Å². The van der Waals surface area contributed by atoms with Gasteiger partial charge in [-0.05, 0) is 50.2 Å². The molecule has 0 aromatic heterocycles. The van der Waals surface area contributed by atoms with Gasteiger partial charge in [0.25, 0.3) is 11.8 Å². The number of ether oxygens (including phenoxy) is 1. The Hall–Kier alpha value is -2.97. The minimum Gasteiger partial charge on any atom is -0.353 e. The quantitative estimate of drug-likeness (QED) is 0.716. The summed E-state index contributed by atoms with van der Waals surface area (Å²) in [6, 6.07) is 11.2. The molecule has 2 aromatic rings. The second-order valence-electron chi connectivity index (χ2n) is 8.92. The fraction of sp³-hybridized carbons (Fsp3) is 0.400. The van der Waals surface area contributed by atoms with Gasteiger partial charge in [0.05, 0.1) is 6.61 Å². The molecule has 9 heteroatoms. The summed E-state index contributed by atoms with van der Waals surface area (Å²) >= 11 is 6.03. The van der Waals surface area contributed by atoms with Gasteiger partial charge in [0, 0.05) is 48.1 Å². The number of benzene rings is 2. The van der Waals surface area contributed by atoms with E-state index < -0.39 is 23.5 Å². The van der Waals surface area contributed by atoms with E-state index in [0.717, 1.165) is 6.07 Å². The number of carbonyl (C=O) groups excluding carboxylic acids is 3. The molecule has 7 nitrogen and oxygen atoms in total. The van der Waals surface area contributed by atoms with Gasteiger partial charge in [-0.1, -0.05) is 23.7 Å². The van der Waals surface area contributed by atoms with Crippen molar-refractivity contribution in [1.29, 1.82) is 0 Å². The summed E-state index contributed by atoms with van der Waals surface area (Å²) in [7, 11) is 0. The van der Waals surface area contributed by atoms with Crippen molar-refractivity contribution in [2.24, 2.45) is 0 Å². The first-order chi connectivity index (χ1) is 16.2. The maximum Gasteiger partial charge on any atom is 0.256 e. The number of hydrogen-bond acceptors (Lipinski definition) is 4. The van der Waals surface area contributed by atoms with Crippen molar-refractivity contribution in [1.82, 2.24) is 15.1 Å². The molecule has 0 saturated carbocycles. The van der Waals surface area contributed by atoms with Crippen LogP contribution in [0.15, 0.2) is 48.5 Å². The zero-order valence-electron chi connectivity index (χ0n) is 19.1. The highest BCUT2D eigenvalue weighted by Crippen LogP contribution is 2.39. The summed E-state index contributed by atoms with van der Waals surface area (Å²) in [5, 5.41) is 3.32. The van der Waals surface area contributed by atoms with E-state index in [1.807, 2.05) is 13.8 Å². The van der Waals surface area contributed by atoms with Crippen molar-refractivity contribution < 1.29 is 23.5 Å². The first-order valence-electron chi connectivity index (χ1n) is 11.3. The van der Waals surface area contributed by atoms with E-state index in [4.69, 9.17) is 16.3 Å². The second kappa shape index (κ2) is 9.72. The Labute approximate surface area is 202 Å². The fourth-order valence-electron chi connectivity index (χ4n) is 4.57. The summed E-state index contributed by atoms with van der Waals surface area (Å²) in [5.41, 5.74) is -0.435. The lowest BCUT2D eigenvalue weighted by molar-refractivity contribution is -0.128. The third-order valence-electron chi connectivity index (χ3n) is 6.19. The predicted molar refractivity (Wildman–Crippen MR) is 125 cm³/mol. The number of nitrogens with zero attached hydrogens (tertiary/aromatic N) is 2. The lowest BCUT2D eigenvalue weighted by atomic mass is 9.96. The molecule has 34 heavy (non-hydrogen) atoms. The molecular formula is C25H27ClFN3O4. The first kappa shape index (κ1) is 24.2. The third kappa shape index (κ3) is 4.79. The minimum absolute atomic E-state index is 0.0296. The van der Waals surface area contributed by atoms with E-state index >= 15 is 0 Å². The fourth-order valence-corrected chi connectivity index (χ4v) is 4.76. The van der Waals surface area contributed by atoms with Crippen LogP contribution in [0.3, 0.4) is 0 Å². The van der Waals surface area contributed by atoms with Crippen molar-refractivity contribution >= 4 is 29.3 Å². The molecular weight excluding hydrogens is 461 g/mol. The van der Waals surface area contributed by atoms with Crippen molar-refractivity contribution in [2.75, 3.05) is 19.7 Å². The van der Waals surface area contributed by atoms with Crippen molar-refractivity contribution in [3.8, 4) is 0 Å². The Balaban J connectivity index is 1.58. The molecule has 2 aliphatic heterocycles. The molecule has 2 aromatic carbocycles. The molecule has 3 amide bonds. The molecule has 2 saturated heterocycles. The number of carbonyl (C=O) groups is 3. The monoisotopic (exact) mass is 487 g/mol. The molecule has 180 valence electrons. The Morgan fingerprint density at radius 1 is 1.06 bits per heavy atom. The Kier molecular flexibility index (Phi) is 6.91. The van der Waals surface area contributed by atoms with Crippen molar-refractivity contribution in [3.63, 3.8) is 0 Å². The lowest BCUT2D eigenvalue weighted by Gasteiger charge is -2.44. The van der Waals surface area contributed by atoms with Crippen LogP contribution >= 0.6 is 11.6 Å². The van der Waals surface area contributed by atoms with Gasteiger partial charge in [-0.2, -0.15) is 0 Å². The molecule has 1 spiro atoms. The number of likely N-dealkylation sites (tertiary alicyclic amines) is 1. The smallest absolute Gasteiger partial charge is 0.256 e. The van der Waals surface area contributed by atoms with Crippen LogP contribution in [0.2, 0.25) is 5.02 Å². The molecule has 1 N–H and O–H groups in total. The van der Waals surface area contributed by atoms with Gasteiger partial charge in [0.1, 0.15) is 17.6 Å². The highest BCUT2D eigenvalue weighted by Gasteiger charge is 2.54. The van der Waals surface area contributed by atoms with Gasteiger partial charge in [0.15, 0.2) is 0 Å². The van der Waals surface area contributed by atoms with E-state index in [0.29, 0.717) is 36.5 Å². The average molecular weight is 488 g/mol. The van der Waals surface area contributed by atoms with Gasteiger partial charge in [-0.3, -0.25) is 19.3 Å². The van der Waals surface area contributed by atoms with Crippen LogP contribution < -0.4 is 5.32 Å². The number of rotatable bonds is 4. The molecule has 0 radical (unpaired) electrons. The Morgan fingerprint density at radius 2 is 1.71 bits per heavy atom. The zero-order chi connectivity index (χ0) is 24.5. The maximum absolute atomic E-state index is 13.9. The number of piperidine rings is 1. The molecule has 2 fully saturated rings. The number of amides is 3. The molecule has 4 rings (SSSR count). The topological polar surface area (TPSA) is 79.0 Å². The normalized spacial score (nSPS) is 19.5. The maximum atomic E-state index is 13.9. The second-order valence-corrected chi connectivity index (χ2v) is 9.36. The highest BCUT2D eigenvalue weighted by atomic mass is 35.5. The Bertz CT molecular complexity index is 1100. The van der Waals surface area contributed by atoms with Gasteiger partial charge >= 0.3 is 0 Å². The SMILES string of the molecule is CC(C)NC(=O)C1COC2(CCN(C(=O)c3cccc(Cl)c3)CC2)N1C(=O)c1cccc(F)c1.